The van der Waals surface area contributed by atoms with E-state index >= 15 is 0 Å². The average Bonchev–Trinajstić information content (AvgIpc) is 2.64. The van der Waals surface area contributed by atoms with Crippen molar-refractivity contribution in [1.29, 1.82) is 0 Å². The minimum absolute atomic E-state index is 0.356. The third-order valence-corrected chi connectivity index (χ3v) is 3.18. The van der Waals surface area contributed by atoms with Gasteiger partial charge in [-0.3, -0.25) is 0 Å². The van der Waals surface area contributed by atoms with Gasteiger partial charge in [0.15, 0.2) is 11.5 Å². The Labute approximate surface area is 97.6 Å². The molecule has 16 heavy (non-hydrogen) atoms. The van der Waals surface area contributed by atoms with Crippen molar-refractivity contribution in [1.82, 2.24) is 0 Å². The van der Waals surface area contributed by atoms with Crippen molar-refractivity contribution in [3.05, 3.63) is 22.8 Å². The van der Waals surface area contributed by atoms with Crippen molar-refractivity contribution in [3.8, 4) is 11.5 Å². The monoisotopic (exact) mass is 220 g/mol. The average molecular weight is 220 g/mol. The molecule has 1 heterocycles. The summed E-state index contributed by atoms with van der Waals surface area (Å²) in [5, 5.41) is 0. The number of ether oxygens (including phenoxy) is 2. The van der Waals surface area contributed by atoms with E-state index in [9.17, 15) is 0 Å². The SMILES string of the molecule is Cc1c2c(cc(C(C)C)c1C(C)C)OCO2. The Balaban J connectivity index is 2.65. The molecule has 1 aromatic rings. The van der Waals surface area contributed by atoms with Gasteiger partial charge in [0.2, 0.25) is 6.79 Å². The number of fused-ring (bicyclic) bond motifs is 1. The largest absolute Gasteiger partial charge is 0.454 e. The van der Waals surface area contributed by atoms with E-state index in [4.69, 9.17) is 9.47 Å². The summed E-state index contributed by atoms with van der Waals surface area (Å²) in [7, 11) is 0. The predicted octanol–water partition coefficient (Wildman–Crippen LogP) is 3.97. The van der Waals surface area contributed by atoms with Crippen molar-refractivity contribution < 1.29 is 9.47 Å². The van der Waals surface area contributed by atoms with Crippen LogP contribution in [0.25, 0.3) is 0 Å². The van der Waals surface area contributed by atoms with E-state index in [0.717, 1.165) is 11.5 Å². The van der Waals surface area contributed by atoms with E-state index in [0.29, 0.717) is 18.6 Å². The zero-order valence-corrected chi connectivity index (χ0v) is 10.8. The van der Waals surface area contributed by atoms with Gasteiger partial charge in [0.1, 0.15) is 0 Å². The lowest BCUT2D eigenvalue weighted by Crippen LogP contribution is -2.02. The molecule has 2 rings (SSSR count). The van der Waals surface area contributed by atoms with Crippen molar-refractivity contribution in [3.63, 3.8) is 0 Å². The molecule has 0 saturated carbocycles. The molecule has 1 aliphatic rings. The first-order chi connectivity index (χ1) is 7.52. The van der Waals surface area contributed by atoms with E-state index < -0.39 is 0 Å². The van der Waals surface area contributed by atoms with Gasteiger partial charge in [0.25, 0.3) is 0 Å². The number of hydrogen-bond acceptors (Lipinski definition) is 2. The zero-order valence-electron chi connectivity index (χ0n) is 10.8. The molecule has 0 amide bonds. The van der Waals surface area contributed by atoms with Crippen LogP contribution in [0.3, 0.4) is 0 Å². The Hall–Kier alpha value is -1.18. The van der Waals surface area contributed by atoms with Crippen molar-refractivity contribution in [2.75, 3.05) is 6.79 Å². The van der Waals surface area contributed by atoms with Crippen LogP contribution in [0.2, 0.25) is 0 Å². The van der Waals surface area contributed by atoms with Gasteiger partial charge in [-0.05, 0) is 41.5 Å². The Morgan fingerprint density at radius 3 is 2.31 bits per heavy atom. The molecule has 0 bridgehead atoms. The Morgan fingerprint density at radius 1 is 1.06 bits per heavy atom. The van der Waals surface area contributed by atoms with Crippen LogP contribution in [0, 0.1) is 6.92 Å². The van der Waals surface area contributed by atoms with Gasteiger partial charge in [-0.2, -0.15) is 0 Å². The van der Waals surface area contributed by atoms with Gasteiger partial charge in [-0.15, -0.1) is 0 Å². The highest BCUT2D eigenvalue weighted by molar-refractivity contribution is 5.56. The Morgan fingerprint density at radius 2 is 1.75 bits per heavy atom. The summed E-state index contributed by atoms with van der Waals surface area (Å²) in [6.07, 6.45) is 0. The fourth-order valence-corrected chi connectivity index (χ4v) is 2.49. The highest BCUT2D eigenvalue weighted by Crippen LogP contribution is 2.43. The zero-order chi connectivity index (χ0) is 11.9. The second-order valence-electron chi connectivity index (χ2n) is 5.05. The maximum Gasteiger partial charge on any atom is 0.231 e. The van der Waals surface area contributed by atoms with E-state index in [1.165, 1.54) is 16.7 Å². The lowest BCUT2D eigenvalue weighted by molar-refractivity contribution is 0.173. The minimum Gasteiger partial charge on any atom is -0.454 e. The fraction of sp³-hybridized carbons (Fsp3) is 0.571. The van der Waals surface area contributed by atoms with Crippen LogP contribution in [0.15, 0.2) is 6.07 Å². The molecule has 88 valence electrons. The van der Waals surface area contributed by atoms with Crippen LogP contribution in [0.4, 0.5) is 0 Å². The summed E-state index contributed by atoms with van der Waals surface area (Å²) in [5.41, 5.74) is 4.05. The van der Waals surface area contributed by atoms with Crippen LogP contribution in [-0.2, 0) is 0 Å². The quantitative estimate of drug-likeness (QED) is 0.750. The minimum atomic E-state index is 0.356. The van der Waals surface area contributed by atoms with Gasteiger partial charge >= 0.3 is 0 Å². The molecule has 2 nitrogen and oxygen atoms in total. The molecule has 0 spiro atoms. The molecule has 2 heteroatoms. The molecule has 1 aromatic carbocycles. The number of hydrogen-bond donors (Lipinski definition) is 0. The normalized spacial score (nSPS) is 13.9. The van der Waals surface area contributed by atoms with Gasteiger partial charge in [-0.25, -0.2) is 0 Å². The summed E-state index contributed by atoms with van der Waals surface area (Å²) in [4.78, 5) is 0. The molecule has 0 radical (unpaired) electrons. The molecule has 0 saturated heterocycles. The van der Waals surface area contributed by atoms with Gasteiger partial charge in [0, 0.05) is 0 Å². The topological polar surface area (TPSA) is 18.5 Å². The van der Waals surface area contributed by atoms with Crippen LogP contribution >= 0.6 is 0 Å². The molecule has 1 aliphatic heterocycles. The number of benzene rings is 1. The number of rotatable bonds is 2. The highest BCUT2D eigenvalue weighted by Gasteiger charge is 2.23. The second-order valence-corrected chi connectivity index (χ2v) is 5.05. The van der Waals surface area contributed by atoms with E-state index in [-0.39, 0.29) is 0 Å². The first-order valence-corrected chi connectivity index (χ1v) is 5.95. The van der Waals surface area contributed by atoms with Crippen LogP contribution in [0.1, 0.15) is 56.2 Å². The lowest BCUT2D eigenvalue weighted by Gasteiger charge is -2.20. The first kappa shape index (κ1) is 11.3. The molecular weight excluding hydrogens is 200 g/mol. The highest BCUT2D eigenvalue weighted by atomic mass is 16.7. The molecule has 0 unspecified atom stereocenters. The molecule has 0 N–H and O–H groups in total. The maximum absolute atomic E-state index is 5.53. The summed E-state index contributed by atoms with van der Waals surface area (Å²) in [6, 6.07) is 2.15. The maximum atomic E-state index is 5.53. The Bertz CT molecular complexity index is 406. The van der Waals surface area contributed by atoms with Crippen molar-refractivity contribution in [2.24, 2.45) is 0 Å². The summed E-state index contributed by atoms with van der Waals surface area (Å²) >= 11 is 0. The molecule has 0 fully saturated rings. The van der Waals surface area contributed by atoms with Crippen molar-refractivity contribution in [2.45, 2.75) is 46.5 Å². The standard InChI is InChI=1S/C14H20O2/c1-8(2)11-6-12-14(16-7-15-12)10(5)13(11)9(3)4/h6,8-9H,7H2,1-5H3. The van der Waals surface area contributed by atoms with Crippen molar-refractivity contribution >= 4 is 0 Å². The van der Waals surface area contributed by atoms with E-state index in [1.807, 2.05) is 0 Å². The van der Waals surface area contributed by atoms with Crippen LogP contribution in [0.5, 0.6) is 11.5 Å². The van der Waals surface area contributed by atoms with Crippen LogP contribution in [-0.4, -0.2) is 6.79 Å². The molecule has 0 atom stereocenters. The Kier molecular flexibility index (Phi) is 2.83. The fourth-order valence-electron chi connectivity index (χ4n) is 2.49. The van der Waals surface area contributed by atoms with Gasteiger partial charge < -0.3 is 9.47 Å². The lowest BCUT2D eigenvalue weighted by atomic mass is 9.86. The molecule has 0 aliphatic carbocycles. The van der Waals surface area contributed by atoms with Crippen LogP contribution < -0.4 is 9.47 Å². The van der Waals surface area contributed by atoms with Gasteiger partial charge in [-0.1, -0.05) is 27.7 Å². The van der Waals surface area contributed by atoms with Gasteiger partial charge in [0.05, 0.1) is 0 Å². The summed E-state index contributed by atoms with van der Waals surface area (Å²) < 4.78 is 11.0. The predicted molar refractivity (Wildman–Crippen MR) is 65.5 cm³/mol. The van der Waals surface area contributed by atoms with E-state index in [1.54, 1.807) is 0 Å². The summed E-state index contributed by atoms with van der Waals surface area (Å²) in [6.45, 7) is 11.4. The third-order valence-electron chi connectivity index (χ3n) is 3.18. The second kappa shape index (κ2) is 4.00. The first-order valence-electron chi connectivity index (χ1n) is 5.95. The third kappa shape index (κ3) is 1.66. The summed E-state index contributed by atoms with van der Waals surface area (Å²) in [5.74, 6) is 2.89. The molecular formula is C14H20O2. The van der Waals surface area contributed by atoms with E-state index in [2.05, 4.69) is 40.7 Å². The smallest absolute Gasteiger partial charge is 0.231 e. The molecule has 0 aromatic heterocycles.